The predicted octanol–water partition coefficient (Wildman–Crippen LogP) is 10.00. The highest BCUT2D eigenvalue weighted by Gasteiger charge is 2.54. The molecule has 0 radical (unpaired) electrons. The highest BCUT2D eigenvalue weighted by Crippen LogP contribution is 2.63. The Morgan fingerprint density at radius 2 is 0.943 bits per heavy atom. The summed E-state index contributed by atoms with van der Waals surface area (Å²) in [6, 6.07) is 51.4. The van der Waals surface area contributed by atoms with E-state index in [-0.39, 0.29) is 0 Å². The first-order chi connectivity index (χ1) is 25.7. The zero-order valence-electron chi connectivity index (χ0n) is 30.0. The minimum Gasteiger partial charge on any atom is -0.399 e. The van der Waals surface area contributed by atoms with Crippen molar-refractivity contribution in [3.05, 3.63) is 168 Å². The Hall–Kier alpha value is -5.34. The van der Waals surface area contributed by atoms with Gasteiger partial charge in [0.15, 0.2) is 17.5 Å². The number of rotatable bonds is 4. The van der Waals surface area contributed by atoms with Crippen molar-refractivity contribution in [3.8, 4) is 45.3 Å². The van der Waals surface area contributed by atoms with Gasteiger partial charge in [-0.1, -0.05) is 151 Å². The lowest BCUT2D eigenvalue weighted by atomic mass is 9.65. The number of hydrogen-bond donors (Lipinski definition) is 0. The van der Waals surface area contributed by atoms with Gasteiger partial charge in [0.1, 0.15) is 0 Å². The summed E-state index contributed by atoms with van der Waals surface area (Å²) in [7, 11) is -0.598. The highest BCUT2D eigenvalue weighted by molar-refractivity contribution is 7.99. The minimum atomic E-state index is -0.601. The lowest BCUT2D eigenvalue weighted by Crippen LogP contribution is -2.41. The summed E-state index contributed by atoms with van der Waals surface area (Å²) < 4.78 is 13.6. The van der Waals surface area contributed by atoms with Crippen molar-refractivity contribution in [1.29, 1.82) is 0 Å². The van der Waals surface area contributed by atoms with Crippen LogP contribution in [0.15, 0.2) is 155 Å². The predicted molar refractivity (Wildman–Crippen MR) is 213 cm³/mol. The average molecular weight is 706 g/mol. The molecular weight excluding hydrogens is 669 g/mol. The third kappa shape index (κ3) is 4.84. The van der Waals surface area contributed by atoms with Crippen LogP contribution in [0, 0.1) is 0 Å². The molecule has 3 heterocycles. The molecule has 53 heavy (non-hydrogen) atoms. The Labute approximate surface area is 314 Å². The summed E-state index contributed by atoms with van der Waals surface area (Å²) in [5.41, 5.74) is 9.52. The van der Waals surface area contributed by atoms with Gasteiger partial charge < -0.3 is 9.31 Å². The van der Waals surface area contributed by atoms with Crippen LogP contribution >= 0.6 is 11.8 Å². The molecule has 0 bridgehead atoms. The van der Waals surface area contributed by atoms with Gasteiger partial charge in [-0.05, 0) is 72.6 Å². The first-order valence-electron chi connectivity index (χ1n) is 18.1. The highest BCUT2D eigenvalue weighted by atomic mass is 32.2. The zero-order valence-corrected chi connectivity index (χ0v) is 30.8. The lowest BCUT2D eigenvalue weighted by molar-refractivity contribution is 0.00578. The fourth-order valence-electron chi connectivity index (χ4n) is 8.19. The van der Waals surface area contributed by atoms with Gasteiger partial charge >= 0.3 is 7.12 Å². The maximum Gasteiger partial charge on any atom is 0.494 e. The van der Waals surface area contributed by atoms with E-state index in [4.69, 9.17) is 24.3 Å². The summed E-state index contributed by atoms with van der Waals surface area (Å²) in [5.74, 6) is 1.85. The maximum absolute atomic E-state index is 6.80. The molecule has 1 fully saturated rings. The fourth-order valence-corrected chi connectivity index (χ4v) is 9.47. The second-order valence-corrected chi connectivity index (χ2v) is 16.1. The summed E-state index contributed by atoms with van der Waals surface area (Å²) in [4.78, 5) is 17.9. The number of benzene rings is 6. The largest absolute Gasteiger partial charge is 0.494 e. The van der Waals surface area contributed by atoms with Gasteiger partial charge in [0.25, 0.3) is 0 Å². The Kier molecular flexibility index (Phi) is 7.22. The molecule has 1 aliphatic carbocycles. The molecule has 0 atom stereocenters. The third-order valence-electron chi connectivity index (χ3n) is 11.4. The van der Waals surface area contributed by atoms with Gasteiger partial charge in [-0.3, -0.25) is 0 Å². The van der Waals surface area contributed by atoms with Crippen LogP contribution in [0.5, 0.6) is 0 Å². The van der Waals surface area contributed by atoms with E-state index in [1.165, 1.54) is 38.3 Å². The van der Waals surface area contributed by atoms with E-state index in [0.29, 0.717) is 17.5 Å². The Bertz CT molecular complexity index is 2450. The van der Waals surface area contributed by atoms with E-state index in [9.17, 15) is 0 Å². The van der Waals surface area contributed by atoms with E-state index in [1.807, 2.05) is 36.4 Å². The SMILES string of the molecule is CC1(C)OB(c2cc(-c3nc(-c4ccccc4)nc(-c4ccccc4)n3)c3c(c2)C2(c4ccccc4S3)c3ccccc3-c3ccccc32)OC1(C)C. The molecule has 10 rings (SSSR count). The normalized spacial score (nSPS) is 16.9. The van der Waals surface area contributed by atoms with Crippen LogP contribution in [0.3, 0.4) is 0 Å². The molecule has 1 saturated heterocycles. The third-order valence-corrected chi connectivity index (χ3v) is 12.7. The average Bonchev–Trinajstić information content (AvgIpc) is 3.61. The second kappa shape index (κ2) is 11.8. The Morgan fingerprint density at radius 1 is 0.472 bits per heavy atom. The quantitative estimate of drug-likeness (QED) is 0.170. The standard InChI is InChI=1S/C46H36BN3O2S/c1-44(2)45(3,4)52-47(51-44)31-27-34(43-49-41(29-17-7-5-8-18-29)48-42(50-43)30-19-9-6-10-20-30)40-38(28-31)46(37-25-15-16-26-39(37)53-40)35-23-13-11-21-32(35)33-22-12-14-24-36(33)46/h5-28H,1-4H3. The molecule has 0 unspecified atom stereocenters. The van der Waals surface area contributed by atoms with E-state index in [0.717, 1.165) is 27.0 Å². The van der Waals surface area contributed by atoms with Gasteiger partial charge in [0, 0.05) is 26.5 Å². The molecule has 1 spiro atoms. The van der Waals surface area contributed by atoms with Gasteiger partial charge in [-0.15, -0.1) is 0 Å². The van der Waals surface area contributed by atoms with Crippen molar-refractivity contribution < 1.29 is 9.31 Å². The zero-order chi connectivity index (χ0) is 36.0. The van der Waals surface area contributed by atoms with Gasteiger partial charge in [-0.25, -0.2) is 15.0 Å². The van der Waals surface area contributed by atoms with Gasteiger partial charge in [-0.2, -0.15) is 0 Å². The van der Waals surface area contributed by atoms with Gasteiger partial charge in [0.2, 0.25) is 0 Å². The summed E-state index contributed by atoms with van der Waals surface area (Å²) in [6.07, 6.45) is 0. The maximum atomic E-state index is 6.80. The van der Waals surface area contributed by atoms with Crippen LogP contribution in [0.4, 0.5) is 0 Å². The van der Waals surface area contributed by atoms with Crippen molar-refractivity contribution in [2.75, 3.05) is 0 Å². The van der Waals surface area contributed by atoms with Crippen molar-refractivity contribution >= 4 is 24.3 Å². The molecule has 7 aromatic rings. The van der Waals surface area contributed by atoms with Crippen LogP contribution in [0.1, 0.15) is 49.9 Å². The number of nitrogens with zero attached hydrogens (tertiary/aromatic N) is 3. The molecule has 5 nitrogen and oxygen atoms in total. The van der Waals surface area contributed by atoms with Crippen molar-refractivity contribution in [2.45, 2.75) is 54.1 Å². The van der Waals surface area contributed by atoms with Crippen LogP contribution < -0.4 is 5.46 Å². The first-order valence-corrected chi connectivity index (χ1v) is 18.9. The number of hydrogen-bond acceptors (Lipinski definition) is 6. The van der Waals surface area contributed by atoms with Crippen LogP contribution in [-0.2, 0) is 14.7 Å². The Morgan fingerprint density at radius 3 is 1.51 bits per heavy atom. The number of aromatic nitrogens is 3. The molecule has 1 aromatic heterocycles. The summed E-state index contributed by atoms with van der Waals surface area (Å²) in [6.45, 7) is 8.42. The minimum absolute atomic E-state index is 0.520. The molecule has 3 aliphatic rings. The van der Waals surface area contributed by atoms with E-state index in [1.54, 1.807) is 11.8 Å². The lowest BCUT2D eigenvalue weighted by Gasteiger charge is -2.40. The van der Waals surface area contributed by atoms with Crippen molar-refractivity contribution in [1.82, 2.24) is 15.0 Å². The summed E-state index contributed by atoms with van der Waals surface area (Å²) >= 11 is 1.79. The van der Waals surface area contributed by atoms with E-state index < -0.39 is 23.7 Å². The molecule has 2 aliphatic heterocycles. The summed E-state index contributed by atoms with van der Waals surface area (Å²) in [5, 5.41) is 0. The first kappa shape index (κ1) is 32.3. The molecule has 6 aromatic carbocycles. The fraction of sp³-hybridized carbons (Fsp3) is 0.152. The molecule has 7 heteroatoms. The topological polar surface area (TPSA) is 57.1 Å². The number of fused-ring (bicyclic) bond motifs is 9. The van der Waals surface area contributed by atoms with Crippen LogP contribution in [-0.4, -0.2) is 33.3 Å². The molecule has 0 N–H and O–H groups in total. The smallest absolute Gasteiger partial charge is 0.399 e. The van der Waals surface area contributed by atoms with Crippen molar-refractivity contribution in [3.63, 3.8) is 0 Å². The second-order valence-electron chi connectivity index (χ2n) is 15.0. The Balaban J connectivity index is 1.32. The van der Waals surface area contributed by atoms with E-state index >= 15 is 0 Å². The molecular formula is C46H36BN3O2S. The monoisotopic (exact) mass is 705 g/mol. The van der Waals surface area contributed by atoms with E-state index in [2.05, 4.69) is 137 Å². The molecule has 256 valence electrons. The van der Waals surface area contributed by atoms with Gasteiger partial charge in [0.05, 0.1) is 16.6 Å². The van der Waals surface area contributed by atoms with Crippen LogP contribution in [0.2, 0.25) is 0 Å². The van der Waals surface area contributed by atoms with Crippen LogP contribution in [0.25, 0.3) is 45.3 Å². The van der Waals surface area contributed by atoms with Crippen molar-refractivity contribution in [2.24, 2.45) is 0 Å². The molecule has 0 amide bonds. The molecule has 0 saturated carbocycles.